The van der Waals surface area contributed by atoms with Gasteiger partial charge in [-0.25, -0.2) is 9.67 Å². The Morgan fingerprint density at radius 3 is 2.58 bits per heavy atom. The van der Waals surface area contributed by atoms with Gasteiger partial charge in [-0.1, -0.05) is 36.4 Å². The zero-order valence-electron chi connectivity index (χ0n) is 18.8. The molecule has 2 heterocycles. The summed E-state index contributed by atoms with van der Waals surface area (Å²) >= 11 is 0. The molecule has 2 aromatic heterocycles. The summed E-state index contributed by atoms with van der Waals surface area (Å²) in [6, 6.07) is 16.4. The average molecular weight is 421 g/mol. The lowest BCUT2D eigenvalue weighted by Gasteiger charge is -2.15. The van der Waals surface area contributed by atoms with Crippen molar-refractivity contribution >= 4 is 5.96 Å². The topological polar surface area (TPSA) is 76.4 Å². The minimum absolute atomic E-state index is 0.101. The number of aromatic nitrogens is 3. The minimum Gasteiger partial charge on any atom is -0.374 e. The molecule has 0 radical (unpaired) electrons. The van der Waals surface area contributed by atoms with Crippen LogP contribution in [0.5, 0.6) is 0 Å². The third kappa shape index (κ3) is 6.65. The molecule has 31 heavy (non-hydrogen) atoms. The van der Waals surface area contributed by atoms with Crippen LogP contribution in [0.1, 0.15) is 42.0 Å². The summed E-state index contributed by atoms with van der Waals surface area (Å²) in [5.74, 6) is 1.58. The number of rotatable bonds is 9. The molecule has 0 bridgehead atoms. The SMILES string of the molecule is CN=C(NCCCOC(C)c1ccccc1)NCc1ccc(-n2nc(C)cc2C)nc1. The Morgan fingerprint density at radius 1 is 1.13 bits per heavy atom. The Balaban J connectivity index is 1.38. The average Bonchev–Trinajstić information content (AvgIpc) is 3.14. The summed E-state index contributed by atoms with van der Waals surface area (Å²) in [6.45, 7) is 8.22. The number of nitrogens with zero attached hydrogens (tertiary/aromatic N) is 4. The number of aliphatic imine (C=N–C) groups is 1. The molecule has 1 aromatic carbocycles. The fourth-order valence-corrected chi connectivity index (χ4v) is 3.27. The van der Waals surface area contributed by atoms with Gasteiger partial charge in [0.1, 0.15) is 0 Å². The maximum absolute atomic E-state index is 5.91. The van der Waals surface area contributed by atoms with Gasteiger partial charge in [-0.2, -0.15) is 5.10 Å². The number of aryl methyl sites for hydroxylation is 2. The van der Waals surface area contributed by atoms with E-state index in [0.717, 1.165) is 41.7 Å². The summed E-state index contributed by atoms with van der Waals surface area (Å²) in [4.78, 5) is 8.82. The van der Waals surface area contributed by atoms with Crippen molar-refractivity contribution in [2.75, 3.05) is 20.2 Å². The van der Waals surface area contributed by atoms with Crippen molar-refractivity contribution in [2.24, 2.45) is 4.99 Å². The quantitative estimate of drug-likeness (QED) is 0.313. The highest BCUT2D eigenvalue weighted by Crippen LogP contribution is 2.15. The van der Waals surface area contributed by atoms with Gasteiger partial charge in [-0.15, -0.1) is 0 Å². The van der Waals surface area contributed by atoms with Gasteiger partial charge in [0.15, 0.2) is 11.8 Å². The predicted octanol–water partition coefficient (Wildman–Crippen LogP) is 3.72. The summed E-state index contributed by atoms with van der Waals surface area (Å²) in [5, 5.41) is 11.1. The first-order valence-corrected chi connectivity index (χ1v) is 10.7. The maximum atomic E-state index is 5.91. The van der Waals surface area contributed by atoms with Gasteiger partial charge in [0.2, 0.25) is 0 Å². The lowest BCUT2D eigenvalue weighted by molar-refractivity contribution is 0.0646. The molecule has 164 valence electrons. The van der Waals surface area contributed by atoms with Crippen LogP contribution in [0.2, 0.25) is 0 Å². The maximum Gasteiger partial charge on any atom is 0.191 e. The molecular formula is C24H32N6O. The molecule has 3 rings (SSSR count). The van der Waals surface area contributed by atoms with Crippen molar-refractivity contribution in [3.05, 3.63) is 77.2 Å². The molecule has 0 saturated carbocycles. The number of nitrogens with one attached hydrogen (secondary N) is 2. The molecule has 0 spiro atoms. The Bertz CT molecular complexity index is 965. The number of pyridine rings is 1. The molecule has 0 saturated heterocycles. The van der Waals surface area contributed by atoms with Crippen molar-refractivity contribution in [2.45, 2.75) is 39.8 Å². The molecule has 0 aliphatic carbocycles. The van der Waals surface area contributed by atoms with Gasteiger partial charge < -0.3 is 15.4 Å². The molecule has 7 nitrogen and oxygen atoms in total. The normalized spacial score (nSPS) is 12.6. The third-order valence-corrected chi connectivity index (χ3v) is 4.97. The van der Waals surface area contributed by atoms with Gasteiger partial charge >= 0.3 is 0 Å². The molecule has 0 fully saturated rings. The molecule has 1 atom stereocenters. The smallest absolute Gasteiger partial charge is 0.191 e. The zero-order chi connectivity index (χ0) is 22.1. The van der Waals surface area contributed by atoms with E-state index in [1.807, 2.05) is 55.1 Å². The fourth-order valence-electron chi connectivity index (χ4n) is 3.27. The molecular weight excluding hydrogens is 388 g/mol. The van der Waals surface area contributed by atoms with Crippen LogP contribution >= 0.6 is 0 Å². The minimum atomic E-state index is 0.101. The number of benzene rings is 1. The van der Waals surface area contributed by atoms with E-state index in [1.165, 1.54) is 5.56 Å². The van der Waals surface area contributed by atoms with Gasteiger partial charge in [0, 0.05) is 38.6 Å². The number of hydrogen-bond acceptors (Lipinski definition) is 4. The van der Waals surface area contributed by atoms with Gasteiger partial charge in [0.25, 0.3) is 0 Å². The molecule has 0 amide bonds. The zero-order valence-corrected chi connectivity index (χ0v) is 18.8. The van der Waals surface area contributed by atoms with E-state index in [9.17, 15) is 0 Å². The van der Waals surface area contributed by atoms with Crippen LogP contribution < -0.4 is 10.6 Å². The van der Waals surface area contributed by atoms with Crippen molar-refractivity contribution in [1.82, 2.24) is 25.4 Å². The molecule has 7 heteroatoms. The second-order valence-electron chi connectivity index (χ2n) is 7.49. The van der Waals surface area contributed by atoms with Crippen LogP contribution in [-0.4, -0.2) is 40.9 Å². The van der Waals surface area contributed by atoms with E-state index in [1.54, 1.807) is 7.05 Å². The number of guanidine groups is 1. The standard InChI is InChI=1S/C24H32N6O/c1-18-15-19(2)30(29-18)23-12-11-21(16-27-23)17-28-24(25-4)26-13-8-14-31-20(3)22-9-6-5-7-10-22/h5-7,9-12,15-16,20H,8,13-14,17H2,1-4H3,(H2,25,26,28). The van der Waals surface area contributed by atoms with Gasteiger partial charge in [-0.05, 0) is 50.5 Å². The summed E-state index contributed by atoms with van der Waals surface area (Å²) in [6.07, 6.45) is 2.87. The largest absolute Gasteiger partial charge is 0.374 e. The first-order chi connectivity index (χ1) is 15.1. The fraction of sp³-hybridized carbons (Fsp3) is 0.375. The molecule has 1 unspecified atom stereocenters. The van der Waals surface area contributed by atoms with E-state index in [-0.39, 0.29) is 6.10 Å². The molecule has 2 N–H and O–H groups in total. The monoisotopic (exact) mass is 420 g/mol. The van der Waals surface area contributed by atoms with Crippen LogP contribution in [-0.2, 0) is 11.3 Å². The Labute approximate surface area is 184 Å². The molecule has 0 aliphatic heterocycles. The van der Waals surface area contributed by atoms with Crippen molar-refractivity contribution in [3.8, 4) is 5.82 Å². The van der Waals surface area contributed by atoms with Crippen LogP contribution in [0.15, 0.2) is 59.7 Å². The third-order valence-electron chi connectivity index (χ3n) is 4.97. The summed E-state index contributed by atoms with van der Waals surface area (Å²) in [5.41, 5.74) is 4.33. The Morgan fingerprint density at radius 2 is 1.94 bits per heavy atom. The highest BCUT2D eigenvalue weighted by atomic mass is 16.5. The first kappa shape index (κ1) is 22.5. The van der Waals surface area contributed by atoms with E-state index < -0.39 is 0 Å². The van der Waals surface area contributed by atoms with Crippen LogP contribution in [0, 0.1) is 13.8 Å². The van der Waals surface area contributed by atoms with Crippen LogP contribution in [0.3, 0.4) is 0 Å². The second kappa shape index (κ2) is 11.3. The van der Waals surface area contributed by atoms with Crippen molar-refractivity contribution in [1.29, 1.82) is 0 Å². The lowest BCUT2D eigenvalue weighted by atomic mass is 10.1. The highest BCUT2D eigenvalue weighted by molar-refractivity contribution is 5.79. The number of ether oxygens (including phenoxy) is 1. The van der Waals surface area contributed by atoms with Crippen LogP contribution in [0.4, 0.5) is 0 Å². The first-order valence-electron chi connectivity index (χ1n) is 10.7. The van der Waals surface area contributed by atoms with Gasteiger partial charge in [-0.3, -0.25) is 4.99 Å². The van der Waals surface area contributed by atoms with Crippen LogP contribution in [0.25, 0.3) is 5.82 Å². The van der Waals surface area contributed by atoms with E-state index in [0.29, 0.717) is 13.2 Å². The predicted molar refractivity (Wildman–Crippen MR) is 124 cm³/mol. The summed E-state index contributed by atoms with van der Waals surface area (Å²) < 4.78 is 7.77. The Hall–Kier alpha value is -3.19. The molecule has 0 aliphatic rings. The van der Waals surface area contributed by atoms with Crippen molar-refractivity contribution in [3.63, 3.8) is 0 Å². The van der Waals surface area contributed by atoms with E-state index in [4.69, 9.17) is 4.74 Å². The van der Waals surface area contributed by atoms with E-state index >= 15 is 0 Å². The number of hydrogen-bond donors (Lipinski definition) is 2. The van der Waals surface area contributed by atoms with Gasteiger partial charge in [0.05, 0.1) is 11.8 Å². The van der Waals surface area contributed by atoms with E-state index in [2.05, 4.69) is 50.8 Å². The summed E-state index contributed by atoms with van der Waals surface area (Å²) in [7, 11) is 1.77. The highest BCUT2D eigenvalue weighted by Gasteiger charge is 2.06. The Kier molecular flexibility index (Phi) is 8.18. The second-order valence-corrected chi connectivity index (χ2v) is 7.49. The molecule has 3 aromatic rings. The lowest BCUT2D eigenvalue weighted by Crippen LogP contribution is -2.37. The van der Waals surface area contributed by atoms with Crippen molar-refractivity contribution < 1.29 is 4.74 Å².